The third kappa shape index (κ3) is 2.98. The van der Waals surface area contributed by atoms with E-state index in [0.717, 1.165) is 11.5 Å². The van der Waals surface area contributed by atoms with Crippen molar-refractivity contribution in [2.24, 2.45) is 0 Å². The highest BCUT2D eigenvalue weighted by atomic mass is 32.1. The molecular weight excluding hydrogens is 278 g/mol. The third-order valence-electron chi connectivity index (χ3n) is 2.82. The normalized spacial score (nSPS) is 10.6. The van der Waals surface area contributed by atoms with Gasteiger partial charge in [-0.2, -0.15) is 4.37 Å². The zero-order chi connectivity index (χ0) is 14.7. The van der Waals surface area contributed by atoms with Crippen LogP contribution in [0.3, 0.4) is 0 Å². The summed E-state index contributed by atoms with van der Waals surface area (Å²) in [7, 11) is 0. The van der Waals surface area contributed by atoms with Gasteiger partial charge in [-0.05, 0) is 39.2 Å². The predicted octanol–water partition coefficient (Wildman–Crippen LogP) is 2.85. The highest BCUT2D eigenvalue weighted by Gasteiger charge is 2.19. The van der Waals surface area contributed by atoms with Crippen LogP contribution in [0, 0.1) is 20.8 Å². The quantitative estimate of drug-likeness (QED) is 0.855. The number of nitrogens with one attached hydrogen (secondary N) is 1. The maximum absolute atomic E-state index is 11.9. The number of aromatic nitrogens is 2. The van der Waals surface area contributed by atoms with Crippen molar-refractivity contribution in [1.29, 1.82) is 0 Å². The van der Waals surface area contributed by atoms with Crippen LogP contribution in [0.5, 0.6) is 0 Å². The van der Waals surface area contributed by atoms with Crippen LogP contribution < -0.4 is 5.32 Å². The Hall–Kier alpha value is -1.89. The largest absolute Gasteiger partial charge is 0.462 e. The van der Waals surface area contributed by atoms with Gasteiger partial charge in [-0.25, -0.2) is 9.78 Å². The molecule has 0 atom stereocenters. The molecule has 0 amide bonds. The number of anilines is 1. The average Bonchev–Trinajstić information content (AvgIpc) is 2.91. The van der Waals surface area contributed by atoms with E-state index in [2.05, 4.69) is 14.7 Å². The van der Waals surface area contributed by atoms with E-state index in [-0.39, 0.29) is 5.97 Å². The molecule has 6 nitrogen and oxygen atoms in total. The minimum atomic E-state index is -0.360. The lowest BCUT2D eigenvalue weighted by atomic mass is 10.2. The monoisotopic (exact) mass is 295 g/mol. The topological polar surface area (TPSA) is 77.2 Å². The Balaban J connectivity index is 2.12. The fraction of sp³-hybridized carbons (Fsp3) is 0.462. The fourth-order valence-corrected chi connectivity index (χ4v) is 2.48. The van der Waals surface area contributed by atoms with E-state index in [0.29, 0.717) is 35.3 Å². The van der Waals surface area contributed by atoms with Crippen LogP contribution in [0.1, 0.15) is 40.3 Å². The van der Waals surface area contributed by atoms with Crippen molar-refractivity contribution in [2.45, 2.75) is 34.2 Å². The molecule has 0 aliphatic rings. The van der Waals surface area contributed by atoms with Crippen molar-refractivity contribution in [3.8, 4) is 0 Å². The molecule has 2 rings (SSSR count). The van der Waals surface area contributed by atoms with Gasteiger partial charge < -0.3 is 14.5 Å². The Morgan fingerprint density at radius 2 is 2.10 bits per heavy atom. The second kappa shape index (κ2) is 6.04. The molecule has 0 radical (unpaired) electrons. The van der Waals surface area contributed by atoms with E-state index < -0.39 is 0 Å². The summed E-state index contributed by atoms with van der Waals surface area (Å²) in [5, 5.41) is 3.80. The molecule has 2 aromatic rings. The first-order chi connectivity index (χ1) is 9.52. The van der Waals surface area contributed by atoms with Crippen LogP contribution in [-0.4, -0.2) is 21.9 Å². The molecule has 0 aromatic carbocycles. The summed E-state index contributed by atoms with van der Waals surface area (Å²) in [5.74, 6) is 1.02. The second-order valence-corrected chi connectivity index (χ2v) is 5.07. The lowest BCUT2D eigenvalue weighted by molar-refractivity contribution is 0.0527. The molecule has 2 heterocycles. The van der Waals surface area contributed by atoms with Crippen molar-refractivity contribution in [3.63, 3.8) is 0 Å². The summed E-state index contributed by atoms with van der Waals surface area (Å²) in [6.07, 6.45) is 0. The van der Waals surface area contributed by atoms with Crippen molar-refractivity contribution in [3.05, 3.63) is 28.6 Å². The van der Waals surface area contributed by atoms with Gasteiger partial charge in [0, 0.05) is 0 Å². The second-order valence-electron chi connectivity index (χ2n) is 4.30. The number of carbonyl (C=O) groups excluding carboxylic acids is 1. The maximum Gasteiger partial charge on any atom is 0.343 e. The van der Waals surface area contributed by atoms with Gasteiger partial charge in [-0.3, -0.25) is 0 Å². The van der Waals surface area contributed by atoms with Crippen LogP contribution in [0.15, 0.2) is 4.42 Å². The van der Waals surface area contributed by atoms with Gasteiger partial charge in [0.1, 0.15) is 16.3 Å². The number of nitrogens with zero attached hydrogens (tertiary/aromatic N) is 2. The number of oxazole rings is 1. The number of hydrogen-bond donors (Lipinski definition) is 1. The standard InChI is InChI=1S/C13H17N3O3S/c1-5-18-13(17)11-8(3)16-20-12(11)14-6-10-15-7(2)9(4)19-10/h14H,5-6H2,1-4H3. The van der Waals surface area contributed by atoms with Crippen LogP contribution >= 0.6 is 11.5 Å². The first-order valence-electron chi connectivity index (χ1n) is 6.33. The van der Waals surface area contributed by atoms with Crippen molar-refractivity contribution >= 4 is 22.5 Å². The molecular formula is C13H17N3O3S. The van der Waals surface area contributed by atoms with E-state index in [1.54, 1.807) is 13.8 Å². The van der Waals surface area contributed by atoms with E-state index in [9.17, 15) is 4.79 Å². The molecule has 1 N–H and O–H groups in total. The molecule has 0 saturated carbocycles. The Bertz CT molecular complexity index is 599. The maximum atomic E-state index is 11.9. The molecule has 0 aliphatic carbocycles. The number of esters is 1. The first-order valence-corrected chi connectivity index (χ1v) is 7.10. The van der Waals surface area contributed by atoms with E-state index in [1.165, 1.54) is 11.5 Å². The van der Waals surface area contributed by atoms with Gasteiger partial charge in [-0.15, -0.1) is 0 Å². The predicted molar refractivity (Wildman–Crippen MR) is 76.1 cm³/mol. The Kier molecular flexibility index (Phi) is 4.39. The minimum absolute atomic E-state index is 0.339. The smallest absolute Gasteiger partial charge is 0.343 e. The molecule has 0 fully saturated rings. The number of ether oxygens (including phenoxy) is 1. The summed E-state index contributed by atoms with van der Waals surface area (Å²) in [6, 6.07) is 0. The van der Waals surface area contributed by atoms with E-state index in [1.807, 2.05) is 13.8 Å². The molecule has 7 heteroatoms. The fourth-order valence-electron chi connectivity index (χ4n) is 1.70. The van der Waals surface area contributed by atoms with E-state index in [4.69, 9.17) is 9.15 Å². The van der Waals surface area contributed by atoms with Crippen LogP contribution in [-0.2, 0) is 11.3 Å². The lowest BCUT2D eigenvalue weighted by Gasteiger charge is -2.05. The Labute approximate surface area is 121 Å². The van der Waals surface area contributed by atoms with Crippen molar-refractivity contribution in [1.82, 2.24) is 9.36 Å². The SMILES string of the molecule is CCOC(=O)c1c(C)nsc1NCc1nc(C)c(C)o1. The highest BCUT2D eigenvalue weighted by Crippen LogP contribution is 2.26. The Morgan fingerprint density at radius 1 is 1.35 bits per heavy atom. The minimum Gasteiger partial charge on any atom is -0.462 e. The number of carbonyl (C=O) groups is 1. The molecule has 2 aromatic heterocycles. The lowest BCUT2D eigenvalue weighted by Crippen LogP contribution is -2.09. The Morgan fingerprint density at radius 3 is 2.70 bits per heavy atom. The first kappa shape index (κ1) is 14.5. The van der Waals surface area contributed by atoms with Gasteiger partial charge in [0.2, 0.25) is 5.89 Å². The summed E-state index contributed by atoms with van der Waals surface area (Å²) in [5.41, 5.74) is 2.01. The molecule has 0 unspecified atom stereocenters. The molecule has 108 valence electrons. The molecule has 0 aliphatic heterocycles. The number of rotatable bonds is 5. The van der Waals surface area contributed by atoms with Crippen LogP contribution in [0.2, 0.25) is 0 Å². The number of hydrogen-bond acceptors (Lipinski definition) is 7. The van der Waals surface area contributed by atoms with Gasteiger partial charge in [0.05, 0.1) is 24.5 Å². The van der Waals surface area contributed by atoms with Gasteiger partial charge in [-0.1, -0.05) is 0 Å². The van der Waals surface area contributed by atoms with Crippen molar-refractivity contribution < 1.29 is 13.9 Å². The summed E-state index contributed by atoms with van der Waals surface area (Å²) >= 11 is 1.23. The van der Waals surface area contributed by atoms with E-state index >= 15 is 0 Å². The molecule has 0 saturated heterocycles. The molecule has 0 bridgehead atoms. The third-order valence-corrected chi connectivity index (χ3v) is 3.71. The molecule has 20 heavy (non-hydrogen) atoms. The zero-order valence-electron chi connectivity index (χ0n) is 11.9. The summed E-state index contributed by atoms with van der Waals surface area (Å²) < 4.78 is 14.7. The van der Waals surface area contributed by atoms with Gasteiger partial charge in [0.15, 0.2) is 0 Å². The summed E-state index contributed by atoms with van der Waals surface area (Å²) in [6.45, 7) is 8.07. The van der Waals surface area contributed by atoms with Crippen molar-refractivity contribution in [2.75, 3.05) is 11.9 Å². The van der Waals surface area contributed by atoms with Gasteiger partial charge >= 0.3 is 5.97 Å². The summed E-state index contributed by atoms with van der Waals surface area (Å²) in [4.78, 5) is 16.2. The molecule has 0 spiro atoms. The van der Waals surface area contributed by atoms with Gasteiger partial charge in [0.25, 0.3) is 0 Å². The average molecular weight is 295 g/mol. The van der Waals surface area contributed by atoms with Crippen LogP contribution in [0.4, 0.5) is 5.00 Å². The number of aryl methyl sites for hydroxylation is 3. The zero-order valence-corrected chi connectivity index (χ0v) is 12.8. The van der Waals surface area contributed by atoms with Crippen LogP contribution in [0.25, 0.3) is 0 Å². The highest BCUT2D eigenvalue weighted by molar-refractivity contribution is 7.10.